The minimum absolute atomic E-state index is 0.0424. The van der Waals surface area contributed by atoms with Crippen molar-refractivity contribution in [2.24, 2.45) is 0 Å². The summed E-state index contributed by atoms with van der Waals surface area (Å²) in [4.78, 5) is 17.2. The summed E-state index contributed by atoms with van der Waals surface area (Å²) >= 11 is 5.84. The van der Waals surface area contributed by atoms with Crippen LogP contribution < -0.4 is 4.90 Å². The molecule has 1 aliphatic rings. The Morgan fingerprint density at radius 2 is 2.43 bits per heavy atom. The molecule has 4 heteroatoms. The highest BCUT2D eigenvalue weighted by molar-refractivity contribution is 6.30. The number of hydrogen-bond acceptors (Lipinski definition) is 2. The van der Waals surface area contributed by atoms with E-state index >= 15 is 0 Å². The van der Waals surface area contributed by atoms with E-state index in [1.54, 1.807) is 18.0 Å². The molecule has 1 aromatic heterocycles. The van der Waals surface area contributed by atoms with Gasteiger partial charge in [0.05, 0.1) is 5.02 Å². The summed E-state index contributed by atoms with van der Waals surface area (Å²) in [5.41, 5.74) is 1.07. The van der Waals surface area contributed by atoms with Gasteiger partial charge in [0.25, 0.3) is 0 Å². The number of fused-ring (bicyclic) bond motifs is 1. The number of carbonyl (C=O) groups excluding carboxylic acids is 1. The number of anilines is 1. The Balaban J connectivity index is 2.44. The highest BCUT2D eigenvalue weighted by atomic mass is 35.5. The first-order chi connectivity index (χ1) is 6.68. The highest BCUT2D eigenvalue weighted by Crippen LogP contribution is 2.26. The second kappa shape index (κ2) is 3.58. The van der Waals surface area contributed by atoms with Gasteiger partial charge in [-0.2, -0.15) is 0 Å². The summed E-state index contributed by atoms with van der Waals surface area (Å²) in [5, 5.41) is 0.633. The van der Waals surface area contributed by atoms with E-state index in [0.717, 1.165) is 30.8 Å². The normalized spacial score (nSPS) is 15.1. The molecular weight excluding hydrogens is 200 g/mol. The molecule has 0 bridgehead atoms. The second-order valence-electron chi connectivity index (χ2n) is 3.41. The van der Waals surface area contributed by atoms with Crippen LogP contribution >= 0.6 is 11.6 Å². The van der Waals surface area contributed by atoms with Crippen LogP contribution in [0.15, 0.2) is 12.3 Å². The number of aromatic nitrogens is 1. The molecule has 0 N–H and O–H groups in total. The molecule has 1 amide bonds. The number of aryl methyl sites for hydroxylation is 1. The summed E-state index contributed by atoms with van der Waals surface area (Å²) in [6.45, 7) is 2.32. The topological polar surface area (TPSA) is 33.2 Å². The molecule has 0 aliphatic carbocycles. The Kier molecular flexibility index (Phi) is 2.42. The maximum absolute atomic E-state index is 11.3. The number of halogens is 1. The Bertz CT molecular complexity index is 378. The maximum atomic E-state index is 11.3. The fraction of sp³-hybridized carbons (Fsp3) is 0.400. The highest BCUT2D eigenvalue weighted by Gasteiger charge is 2.20. The SMILES string of the molecule is CC(=O)N1CCCc2cc(Cl)cnc21. The molecule has 0 unspecified atom stereocenters. The van der Waals surface area contributed by atoms with Crippen LogP contribution in [0.25, 0.3) is 0 Å². The van der Waals surface area contributed by atoms with Crippen LogP contribution in [0.1, 0.15) is 18.9 Å². The van der Waals surface area contributed by atoms with Gasteiger partial charge in [-0.05, 0) is 24.5 Å². The van der Waals surface area contributed by atoms with Gasteiger partial charge in [0.2, 0.25) is 5.91 Å². The second-order valence-corrected chi connectivity index (χ2v) is 3.85. The molecule has 1 aliphatic heterocycles. The standard InChI is InChI=1S/C10H11ClN2O/c1-7(14)13-4-2-3-8-5-9(11)6-12-10(8)13/h5-6H,2-4H2,1H3. The lowest BCUT2D eigenvalue weighted by Crippen LogP contribution is -2.34. The number of pyridine rings is 1. The van der Waals surface area contributed by atoms with Crippen LogP contribution in [0.3, 0.4) is 0 Å². The lowest BCUT2D eigenvalue weighted by atomic mass is 10.1. The number of amides is 1. The largest absolute Gasteiger partial charge is 0.297 e. The molecule has 0 atom stereocenters. The predicted molar refractivity (Wildman–Crippen MR) is 55.6 cm³/mol. The van der Waals surface area contributed by atoms with Gasteiger partial charge in [0, 0.05) is 19.7 Å². The van der Waals surface area contributed by atoms with Crippen LogP contribution in [-0.2, 0) is 11.2 Å². The summed E-state index contributed by atoms with van der Waals surface area (Å²) in [7, 11) is 0. The van der Waals surface area contributed by atoms with E-state index in [-0.39, 0.29) is 5.91 Å². The molecule has 0 saturated heterocycles. The molecule has 14 heavy (non-hydrogen) atoms. The van der Waals surface area contributed by atoms with E-state index in [0.29, 0.717) is 5.02 Å². The van der Waals surface area contributed by atoms with Crippen molar-refractivity contribution in [2.75, 3.05) is 11.4 Å². The average molecular weight is 211 g/mol. The van der Waals surface area contributed by atoms with Crippen LogP contribution in [0, 0.1) is 0 Å². The number of hydrogen-bond donors (Lipinski definition) is 0. The maximum Gasteiger partial charge on any atom is 0.225 e. The summed E-state index contributed by atoms with van der Waals surface area (Å²) in [6.07, 6.45) is 3.52. The van der Waals surface area contributed by atoms with Gasteiger partial charge >= 0.3 is 0 Å². The van der Waals surface area contributed by atoms with Crippen molar-refractivity contribution in [2.45, 2.75) is 19.8 Å². The van der Waals surface area contributed by atoms with Crippen LogP contribution in [0.5, 0.6) is 0 Å². The zero-order valence-corrected chi connectivity index (χ0v) is 8.71. The quantitative estimate of drug-likeness (QED) is 0.657. The van der Waals surface area contributed by atoms with Gasteiger partial charge in [0.1, 0.15) is 5.82 Å². The molecule has 1 aromatic rings. The number of carbonyl (C=O) groups is 1. The summed E-state index contributed by atoms with van der Waals surface area (Å²) in [6, 6.07) is 1.89. The van der Waals surface area contributed by atoms with Crippen LogP contribution in [0.2, 0.25) is 5.02 Å². The minimum Gasteiger partial charge on any atom is -0.297 e. The molecule has 74 valence electrons. The lowest BCUT2D eigenvalue weighted by Gasteiger charge is -2.27. The zero-order valence-electron chi connectivity index (χ0n) is 7.96. The molecule has 2 rings (SSSR count). The van der Waals surface area contributed by atoms with E-state index in [1.165, 1.54) is 0 Å². The molecule has 0 spiro atoms. The van der Waals surface area contributed by atoms with Crippen molar-refractivity contribution in [3.05, 3.63) is 22.8 Å². The number of nitrogens with zero attached hydrogens (tertiary/aromatic N) is 2. The first-order valence-corrected chi connectivity index (χ1v) is 4.99. The van der Waals surface area contributed by atoms with E-state index < -0.39 is 0 Å². The fourth-order valence-corrected chi connectivity index (χ4v) is 1.92. The smallest absolute Gasteiger partial charge is 0.225 e. The third-order valence-corrected chi connectivity index (χ3v) is 2.58. The van der Waals surface area contributed by atoms with E-state index in [4.69, 9.17) is 11.6 Å². The summed E-state index contributed by atoms with van der Waals surface area (Å²) < 4.78 is 0. The Morgan fingerprint density at radius 3 is 3.14 bits per heavy atom. The molecule has 0 fully saturated rings. The van der Waals surface area contributed by atoms with Gasteiger partial charge in [-0.1, -0.05) is 11.6 Å². The monoisotopic (exact) mass is 210 g/mol. The third kappa shape index (κ3) is 1.60. The van der Waals surface area contributed by atoms with Gasteiger partial charge in [-0.25, -0.2) is 4.98 Å². The average Bonchev–Trinajstić information content (AvgIpc) is 2.16. The molecular formula is C10H11ClN2O. The van der Waals surface area contributed by atoms with Crippen LogP contribution in [-0.4, -0.2) is 17.4 Å². The third-order valence-electron chi connectivity index (χ3n) is 2.37. The first-order valence-electron chi connectivity index (χ1n) is 4.61. The van der Waals surface area contributed by atoms with Crippen molar-refractivity contribution in [1.82, 2.24) is 4.98 Å². The van der Waals surface area contributed by atoms with Gasteiger partial charge in [0.15, 0.2) is 0 Å². The molecule has 2 heterocycles. The summed E-state index contributed by atoms with van der Waals surface area (Å²) in [5.74, 6) is 0.814. The first kappa shape index (κ1) is 9.46. The van der Waals surface area contributed by atoms with Crippen molar-refractivity contribution in [3.63, 3.8) is 0 Å². The molecule has 3 nitrogen and oxygen atoms in total. The Morgan fingerprint density at radius 1 is 1.64 bits per heavy atom. The predicted octanol–water partition coefficient (Wildman–Crippen LogP) is 2.03. The van der Waals surface area contributed by atoms with Crippen molar-refractivity contribution in [3.8, 4) is 0 Å². The van der Waals surface area contributed by atoms with Gasteiger partial charge in [-0.15, -0.1) is 0 Å². The van der Waals surface area contributed by atoms with Gasteiger partial charge < -0.3 is 0 Å². The van der Waals surface area contributed by atoms with Crippen molar-refractivity contribution in [1.29, 1.82) is 0 Å². The van der Waals surface area contributed by atoms with Gasteiger partial charge in [-0.3, -0.25) is 9.69 Å². The van der Waals surface area contributed by atoms with E-state index in [2.05, 4.69) is 4.98 Å². The minimum atomic E-state index is 0.0424. The van der Waals surface area contributed by atoms with Crippen molar-refractivity contribution >= 4 is 23.3 Å². The number of rotatable bonds is 0. The fourth-order valence-electron chi connectivity index (χ4n) is 1.74. The Hall–Kier alpha value is -1.09. The lowest BCUT2D eigenvalue weighted by molar-refractivity contribution is -0.116. The Labute approximate surface area is 87.7 Å². The molecule has 0 aromatic carbocycles. The zero-order chi connectivity index (χ0) is 10.1. The molecule has 0 radical (unpaired) electrons. The van der Waals surface area contributed by atoms with E-state index in [1.807, 2.05) is 6.07 Å². The van der Waals surface area contributed by atoms with Crippen LogP contribution in [0.4, 0.5) is 5.82 Å². The van der Waals surface area contributed by atoms with E-state index in [9.17, 15) is 4.79 Å². The molecule has 0 saturated carbocycles. The van der Waals surface area contributed by atoms with Crippen molar-refractivity contribution < 1.29 is 4.79 Å².